The SMILES string of the molecule is CCN1C(=O)/C(=C/c2cc(Br)cc(Cl)c2O)N(C)C1=S. The van der Waals surface area contributed by atoms with Crippen LogP contribution in [0, 0.1) is 0 Å². The molecule has 0 unspecified atom stereocenters. The Balaban J connectivity index is 2.51. The van der Waals surface area contributed by atoms with E-state index in [4.69, 9.17) is 23.8 Å². The Morgan fingerprint density at radius 1 is 1.50 bits per heavy atom. The number of phenolic OH excluding ortho intramolecular Hbond substituents is 1. The van der Waals surface area contributed by atoms with Gasteiger partial charge in [-0.3, -0.25) is 9.69 Å². The molecule has 0 bridgehead atoms. The number of thiocarbonyl (C=S) groups is 1. The number of carbonyl (C=O) groups excluding carboxylic acids is 1. The van der Waals surface area contributed by atoms with E-state index in [0.29, 0.717) is 22.9 Å². The minimum Gasteiger partial charge on any atom is -0.506 e. The normalized spacial score (nSPS) is 17.5. The van der Waals surface area contributed by atoms with Crippen molar-refractivity contribution in [1.82, 2.24) is 9.80 Å². The molecular weight excluding hydrogens is 364 g/mol. The van der Waals surface area contributed by atoms with Gasteiger partial charge in [0.25, 0.3) is 5.91 Å². The lowest BCUT2D eigenvalue weighted by molar-refractivity contribution is -0.122. The van der Waals surface area contributed by atoms with Gasteiger partial charge in [-0.25, -0.2) is 0 Å². The minimum absolute atomic E-state index is 0.0653. The lowest BCUT2D eigenvalue weighted by atomic mass is 10.1. The monoisotopic (exact) mass is 374 g/mol. The molecule has 1 aliphatic heterocycles. The van der Waals surface area contributed by atoms with Crippen molar-refractivity contribution in [3.05, 3.63) is 32.9 Å². The Hall–Kier alpha value is -1.11. The van der Waals surface area contributed by atoms with Crippen LogP contribution >= 0.6 is 39.7 Å². The summed E-state index contributed by atoms with van der Waals surface area (Å²) in [6.45, 7) is 2.36. The molecule has 0 saturated carbocycles. The number of carbonyl (C=O) groups is 1. The van der Waals surface area contributed by atoms with Crippen molar-refractivity contribution in [2.24, 2.45) is 0 Å². The van der Waals surface area contributed by atoms with E-state index in [1.54, 1.807) is 30.2 Å². The number of aromatic hydroxyl groups is 1. The summed E-state index contributed by atoms with van der Waals surface area (Å²) in [6.07, 6.45) is 1.58. The van der Waals surface area contributed by atoms with Gasteiger partial charge in [-0.2, -0.15) is 0 Å². The van der Waals surface area contributed by atoms with E-state index in [1.165, 1.54) is 4.90 Å². The molecule has 1 aliphatic rings. The smallest absolute Gasteiger partial charge is 0.276 e. The van der Waals surface area contributed by atoms with E-state index < -0.39 is 0 Å². The van der Waals surface area contributed by atoms with Gasteiger partial charge in [0.15, 0.2) is 5.11 Å². The van der Waals surface area contributed by atoms with Crippen molar-refractivity contribution < 1.29 is 9.90 Å². The molecule has 1 aromatic carbocycles. The summed E-state index contributed by atoms with van der Waals surface area (Å²) in [4.78, 5) is 15.4. The first-order valence-corrected chi connectivity index (χ1v) is 7.44. The standard InChI is InChI=1S/C13H12BrClN2O2S/c1-3-17-12(19)10(16(2)13(17)20)5-7-4-8(14)6-9(15)11(7)18/h4-6,18H,3H2,1-2H3/b10-5-. The third kappa shape index (κ3) is 2.55. The molecule has 4 nitrogen and oxygen atoms in total. The number of rotatable bonds is 2. The van der Waals surface area contributed by atoms with Crippen molar-refractivity contribution in [2.45, 2.75) is 6.92 Å². The summed E-state index contributed by atoms with van der Waals surface area (Å²) in [5, 5.41) is 10.6. The molecule has 0 radical (unpaired) electrons. The van der Waals surface area contributed by atoms with Gasteiger partial charge in [-0.15, -0.1) is 0 Å². The van der Waals surface area contributed by atoms with Gasteiger partial charge in [0, 0.05) is 23.6 Å². The molecule has 20 heavy (non-hydrogen) atoms. The topological polar surface area (TPSA) is 43.8 Å². The summed E-state index contributed by atoms with van der Waals surface area (Å²) in [6, 6.07) is 3.27. The van der Waals surface area contributed by atoms with Crippen LogP contribution in [0.15, 0.2) is 22.3 Å². The molecule has 106 valence electrons. The highest BCUT2D eigenvalue weighted by molar-refractivity contribution is 9.10. The maximum absolute atomic E-state index is 12.2. The fraction of sp³-hybridized carbons (Fsp3) is 0.231. The summed E-state index contributed by atoms with van der Waals surface area (Å²) in [5.74, 6) is -0.250. The molecule has 0 aliphatic carbocycles. The van der Waals surface area contributed by atoms with Gasteiger partial charge in [-0.1, -0.05) is 27.5 Å². The molecule has 1 N–H and O–H groups in total. The Bertz CT molecular complexity index is 633. The van der Waals surface area contributed by atoms with Crippen LogP contribution in [-0.2, 0) is 4.79 Å². The Labute approximate surface area is 135 Å². The highest BCUT2D eigenvalue weighted by Gasteiger charge is 2.34. The second-order valence-electron chi connectivity index (χ2n) is 4.25. The summed E-state index contributed by atoms with van der Waals surface area (Å²) < 4.78 is 0.718. The van der Waals surface area contributed by atoms with Gasteiger partial charge < -0.3 is 10.0 Å². The highest BCUT2D eigenvalue weighted by atomic mass is 79.9. The number of phenols is 1. The third-order valence-electron chi connectivity index (χ3n) is 3.01. The van der Waals surface area contributed by atoms with Crippen molar-refractivity contribution in [3.63, 3.8) is 0 Å². The average molecular weight is 376 g/mol. The molecule has 0 aromatic heterocycles. The molecular formula is C13H12BrClN2O2S. The number of hydrogen-bond donors (Lipinski definition) is 1. The van der Waals surface area contributed by atoms with E-state index in [-0.39, 0.29) is 16.7 Å². The number of hydrogen-bond acceptors (Lipinski definition) is 3. The molecule has 2 rings (SSSR count). The zero-order valence-corrected chi connectivity index (χ0v) is 14.0. The van der Waals surface area contributed by atoms with Gasteiger partial charge >= 0.3 is 0 Å². The maximum atomic E-state index is 12.2. The van der Waals surface area contributed by atoms with Crippen molar-refractivity contribution >= 4 is 56.8 Å². The van der Waals surface area contributed by atoms with E-state index in [2.05, 4.69) is 15.9 Å². The first-order valence-electron chi connectivity index (χ1n) is 5.86. The van der Waals surface area contributed by atoms with Crippen molar-refractivity contribution in [3.8, 4) is 5.75 Å². The first-order chi connectivity index (χ1) is 9.36. The quantitative estimate of drug-likeness (QED) is 0.637. The predicted molar refractivity (Wildman–Crippen MR) is 86.5 cm³/mol. The van der Waals surface area contributed by atoms with E-state index in [9.17, 15) is 9.90 Å². The number of halogens is 2. The number of nitrogens with zero attached hydrogens (tertiary/aromatic N) is 2. The van der Waals surface area contributed by atoms with Crippen molar-refractivity contribution in [1.29, 1.82) is 0 Å². The fourth-order valence-corrected chi connectivity index (χ4v) is 3.08. The fourth-order valence-electron chi connectivity index (χ4n) is 1.93. The lowest BCUT2D eigenvalue weighted by Crippen LogP contribution is -2.30. The minimum atomic E-state index is -0.185. The number of amides is 1. The zero-order valence-electron chi connectivity index (χ0n) is 10.9. The van der Waals surface area contributed by atoms with E-state index in [1.807, 2.05) is 6.92 Å². The largest absolute Gasteiger partial charge is 0.506 e. The second-order valence-corrected chi connectivity index (χ2v) is 5.93. The van der Waals surface area contributed by atoms with Crippen LogP contribution in [0.3, 0.4) is 0 Å². The number of likely N-dealkylation sites (N-methyl/N-ethyl adjacent to an activating group) is 2. The average Bonchev–Trinajstić information content (AvgIpc) is 2.59. The maximum Gasteiger partial charge on any atom is 0.276 e. The van der Waals surface area contributed by atoms with Crippen molar-refractivity contribution in [2.75, 3.05) is 13.6 Å². The van der Waals surface area contributed by atoms with Crippen LogP contribution in [0.5, 0.6) is 5.75 Å². The molecule has 1 fully saturated rings. The molecule has 1 heterocycles. The van der Waals surface area contributed by atoms with Gasteiger partial charge in [0.2, 0.25) is 0 Å². The Morgan fingerprint density at radius 2 is 2.15 bits per heavy atom. The molecule has 1 amide bonds. The zero-order chi connectivity index (χ0) is 15.0. The third-order valence-corrected chi connectivity index (χ3v) is 4.25. The van der Waals surface area contributed by atoms with E-state index in [0.717, 1.165) is 4.47 Å². The molecule has 0 spiro atoms. The summed E-state index contributed by atoms with van der Waals surface area (Å²) in [7, 11) is 1.72. The van der Waals surface area contributed by atoms with Gasteiger partial charge in [-0.05, 0) is 37.4 Å². The van der Waals surface area contributed by atoms with E-state index >= 15 is 0 Å². The van der Waals surface area contributed by atoms with Crippen LogP contribution in [0.4, 0.5) is 0 Å². The number of benzene rings is 1. The van der Waals surface area contributed by atoms with Gasteiger partial charge in [0.1, 0.15) is 11.4 Å². The predicted octanol–water partition coefficient (Wildman–Crippen LogP) is 3.23. The highest BCUT2D eigenvalue weighted by Crippen LogP contribution is 2.34. The summed E-state index contributed by atoms with van der Waals surface area (Å²) >= 11 is 14.4. The Kier molecular flexibility index (Phi) is 4.36. The lowest BCUT2D eigenvalue weighted by Gasteiger charge is -2.13. The van der Waals surface area contributed by atoms with Crippen LogP contribution in [0.1, 0.15) is 12.5 Å². The second kappa shape index (κ2) is 5.71. The first kappa shape index (κ1) is 15.3. The Morgan fingerprint density at radius 3 is 2.70 bits per heavy atom. The van der Waals surface area contributed by atoms with Crippen LogP contribution in [0.2, 0.25) is 5.02 Å². The van der Waals surface area contributed by atoms with Gasteiger partial charge in [0.05, 0.1) is 5.02 Å². The van der Waals surface area contributed by atoms with Crippen LogP contribution in [0.25, 0.3) is 6.08 Å². The molecule has 1 aromatic rings. The summed E-state index contributed by atoms with van der Waals surface area (Å²) in [5.41, 5.74) is 0.863. The van der Waals surface area contributed by atoms with Crippen LogP contribution in [-0.4, -0.2) is 39.5 Å². The molecule has 7 heteroatoms. The molecule has 1 saturated heterocycles. The van der Waals surface area contributed by atoms with Crippen LogP contribution < -0.4 is 0 Å². The molecule has 0 atom stereocenters.